The maximum Gasteiger partial charge on any atom is 0.223 e. The van der Waals surface area contributed by atoms with Crippen molar-refractivity contribution in [2.24, 2.45) is 5.92 Å². The smallest absolute Gasteiger partial charge is 0.223 e. The highest BCUT2D eigenvalue weighted by atomic mass is 16.5. The van der Waals surface area contributed by atoms with Gasteiger partial charge in [-0.05, 0) is 56.2 Å². The van der Waals surface area contributed by atoms with Crippen LogP contribution in [0.15, 0.2) is 18.2 Å². The number of aryl methyl sites for hydroxylation is 1. The molecule has 1 aromatic carbocycles. The minimum atomic E-state index is -0.102. The van der Waals surface area contributed by atoms with Gasteiger partial charge in [0.25, 0.3) is 0 Å². The van der Waals surface area contributed by atoms with Gasteiger partial charge in [0.05, 0.1) is 0 Å². The maximum absolute atomic E-state index is 12.7. The molecule has 0 aromatic heterocycles. The summed E-state index contributed by atoms with van der Waals surface area (Å²) in [4.78, 5) is 14.8. The molecule has 0 radical (unpaired) electrons. The first-order valence-electron chi connectivity index (χ1n) is 7.93. The average molecular weight is 287 g/mol. The predicted molar refractivity (Wildman–Crippen MR) is 83.1 cm³/mol. The fraction of sp³-hybridized carbons (Fsp3) is 0.611. The van der Waals surface area contributed by atoms with Crippen molar-refractivity contribution >= 4 is 5.91 Å². The Hall–Kier alpha value is -1.35. The van der Waals surface area contributed by atoms with E-state index in [1.54, 1.807) is 0 Å². The van der Waals surface area contributed by atoms with Gasteiger partial charge in [-0.15, -0.1) is 0 Å². The van der Waals surface area contributed by atoms with Gasteiger partial charge in [0.2, 0.25) is 5.91 Å². The molecule has 0 spiro atoms. The Morgan fingerprint density at radius 2 is 2.24 bits per heavy atom. The number of hydrogen-bond acceptors (Lipinski definition) is 2. The van der Waals surface area contributed by atoms with E-state index in [9.17, 15) is 4.79 Å². The number of amides is 1. The molecule has 21 heavy (non-hydrogen) atoms. The minimum Gasteiger partial charge on any atom is -0.381 e. The number of rotatable bonds is 2. The third-order valence-electron chi connectivity index (χ3n) is 4.96. The standard InChI is InChI=1S/C18H25NO2/c1-13-5-4-6-15-11-19(18(2,3)10-16(13)15)17(20)9-14-7-8-21-12-14/h4-6,14H,7-12H2,1-3H3/t14-/m1/s1. The van der Waals surface area contributed by atoms with E-state index < -0.39 is 0 Å². The number of benzene rings is 1. The van der Waals surface area contributed by atoms with Crippen LogP contribution in [-0.4, -0.2) is 29.6 Å². The lowest BCUT2D eigenvalue weighted by Crippen LogP contribution is -2.52. The molecule has 0 bridgehead atoms. The van der Waals surface area contributed by atoms with Gasteiger partial charge in [-0.2, -0.15) is 0 Å². The molecule has 1 aromatic rings. The summed E-state index contributed by atoms with van der Waals surface area (Å²) in [5, 5.41) is 0. The summed E-state index contributed by atoms with van der Waals surface area (Å²) >= 11 is 0. The largest absolute Gasteiger partial charge is 0.381 e. The van der Waals surface area contributed by atoms with Crippen LogP contribution in [0.2, 0.25) is 0 Å². The number of ether oxygens (including phenoxy) is 1. The van der Waals surface area contributed by atoms with E-state index in [2.05, 4.69) is 43.9 Å². The van der Waals surface area contributed by atoms with Gasteiger partial charge in [0, 0.05) is 31.7 Å². The van der Waals surface area contributed by atoms with Gasteiger partial charge in [0.1, 0.15) is 0 Å². The summed E-state index contributed by atoms with van der Waals surface area (Å²) in [7, 11) is 0. The van der Waals surface area contributed by atoms with Crippen LogP contribution in [0.3, 0.4) is 0 Å². The SMILES string of the molecule is Cc1cccc2c1CC(C)(C)N(C(=O)C[C@H]1CCOC1)C2. The Bertz CT molecular complexity index is 544. The summed E-state index contributed by atoms with van der Waals surface area (Å²) in [5.41, 5.74) is 3.98. The highest BCUT2D eigenvalue weighted by Gasteiger charge is 2.37. The van der Waals surface area contributed by atoms with Gasteiger partial charge in [-0.3, -0.25) is 4.79 Å². The molecule has 1 amide bonds. The van der Waals surface area contributed by atoms with E-state index in [-0.39, 0.29) is 11.4 Å². The van der Waals surface area contributed by atoms with Crippen molar-refractivity contribution in [2.45, 2.75) is 52.1 Å². The Morgan fingerprint density at radius 3 is 2.95 bits per heavy atom. The van der Waals surface area contributed by atoms with E-state index in [1.165, 1.54) is 16.7 Å². The summed E-state index contributed by atoms with van der Waals surface area (Å²) in [6, 6.07) is 6.43. The molecule has 114 valence electrons. The predicted octanol–water partition coefficient (Wildman–Crippen LogP) is 3.08. The van der Waals surface area contributed by atoms with Crippen molar-refractivity contribution in [1.29, 1.82) is 0 Å². The first-order valence-corrected chi connectivity index (χ1v) is 7.93. The Morgan fingerprint density at radius 1 is 1.43 bits per heavy atom. The maximum atomic E-state index is 12.7. The van der Waals surface area contributed by atoms with Crippen molar-refractivity contribution in [3.8, 4) is 0 Å². The molecule has 1 fully saturated rings. The van der Waals surface area contributed by atoms with Gasteiger partial charge >= 0.3 is 0 Å². The molecule has 0 aliphatic carbocycles. The summed E-state index contributed by atoms with van der Waals surface area (Å²) in [6.07, 6.45) is 2.60. The third kappa shape index (κ3) is 2.84. The summed E-state index contributed by atoms with van der Waals surface area (Å²) < 4.78 is 5.40. The molecule has 1 atom stereocenters. The second-order valence-corrected chi connectivity index (χ2v) is 7.12. The van der Waals surface area contributed by atoms with E-state index in [1.807, 2.05) is 0 Å². The van der Waals surface area contributed by atoms with Crippen LogP contribution >= 0.6 is 0 Å². The quantitative estimate of drug-likeness (QED) is 0.836. The molecule has 1 saturated heterocycles. The van der Waals surface area contributed by atoms with Gasteiger partial charge in [-0.1, -0.05) is 18.2 Å². The van der Waals surface area contributed by atoms with Crippen LogP contribution in [0.4, 0.5) is 0 Å². The first-order chi connectivity index (χ1) is 9.97. The summed E-state index contributed by atoms with van der Waals surface area (Å²) in [5.74, 6) is 0.690. The fourth-order valence-electron chi connectivity index (χ4n) is 3.60. The minimum absolute atomic E-state index is 0.102. The summed E-state index contributed by atoms with van der Waals surface area (Å²) in [6.45, 7) is 8.84. The van der Waals surface area contributed by atoms with Gasteiger partial charge < -0.3 is 9.64 Å². The second-order valence-electron chi connectivity index (χ2n) is 7.12. The Kier molecular flexibility index (Phi) is 3.78. The van der Waals surface area contributed by atoms with Crippen molar-refractivity contribution in [3.63, 3.8) is 0 Å². The van der Waals surface area contributed by atoms with Crippen molar-refractivity contribution in [2.75, 3.05) is 13.2 Å². The molecule has 0 unspecified atom stereocenters. The van der Waals surface area contributed by atoms with Gasteiger partial charge in [0.15, 0.2) is 0 Å². The van der Waals surface area contributed by atoms with Crippen LogP contribution < -0.4 is 0 Å². The van der Waals surface area contributed by atoms with Gasteiger partial charge in [-0.25, -0.2) is 0 Å². The van der Waals surface area contributed by atoms with Crippen LogP contribution in [-0.2, 0) is 22.5 Å². The van der Waals surface area contributed by atoms with E-state index in [0.29, 0.717) is 12.3 Å². The van der Waals surface area contributed by atoms with Crippen LogP contribution in [0.1, 0.15) is 43.4 Å². The molecular weight excluding hydrogens is 262 g/mol. The number of carbonyl (C=O) groups excluding carboxylic acids is 1. The van der Waals surface area contributed by atoms with Crippen LogP contribution in [0.25, 0.3) is 0 Å². The molecule has 0 N–H and O–H groups in total. The molecule has 2 aliphatic heterocycles. The van der Waals surface area contributed by atoms with Crippen LogP contribution in [0, 0.1) is 12.8 Å². The molecule has 2 aliphatic rings. The van der Waals surface area contributed by atoms with Crippen molar-refractivity contribution in [1.82, 2.24) is 4.90 Å². The van der Waals surface area contributed by atoms with Crippen molar-refractivity contribution in [3.05, 3.63) is 34.9 Å². The number of hydrogen-bond donors (Lipinski definition) is 0. The lowest BCUT2D eigenvalue weighted by atomic mass is 9.83. The molecular formula is C18H25NO2. The van der Waals surface area contributed by atoms with E-state index >= 15 is 0 Å². The zero-order valence-electron chi connectivity index (χ0n) is 13.3. The zero-order valence-corrected chi connectivity index (χ0v) is 13.3. The Labute approximate surface area is 127 Å². The zero-order chi connectivity index (χ0) is 15.0. The van der Waals surface area contributed by atoms with Crippen molar-refractivity contribution < 1.29 is 9.53 Å². The molecule has 3 rings (SSSR count). The normalized spacial score (nSPS) is 24.0. The fourth-order valence-corrected chi connectivity index (χ4v) is 3.60. The number of carbonyl (C=O) groups is 1. The molecule has 3 nitrogen and oxygen atoms in total. The van der Waals surface area contributed by atoms with Crippen LogP contribution in [0.5, 0.6) is 0 Å². The number of fused-ring (bicyclic) bond motifs is 1. The highest BCUT2D eigenvalue weighted by molar-refractivity contribution is 5.78. The molecule has 3 heteroatoms. The first kappa shape index (κ1) is 14.6. The second kappa shape index (κ2) is 5.45. The molecule has 2 heterocycles. The topological polar surface area (TPSA) is 29.5 Å². The highest BCUT2D eigenvalue weighted by Crippen LogP contribution is 2.33. The van der Waals surface area contributed by atoms with E-state index in [4.69, 9.17) is 4.74 Å². The average Bonchev–Trinajstić information content (AvgIpc) is 2.91. The molecule has 0 saturated carbocycles. The monoisotopic (exact) mass is 287 g/mol. The van der Waals surface area contributed by atoms with E-state index in [0.717, 1.165) is 32.6 Å². The number of nitrogens with zero attached hydrogens (tertiary/aromatic N) is 1. The third-order valence-corrected chi connectivity index (χ3v) is 4.96. The lowest BCUT2D eigenvalue weighted by molar-refractivity contribution is -0.139. The lowest BCUT2D eigenvalue weighted by Gasteiger charge is -2.44. The Balaban J connectivity index is 1.80.